The van der Waals surface area contributed by atoms with Crippen LogP contribution in [-0.4, -0.2) is 70.2 Å². The first-order valence-corrected chi connectivity index (χ1v) is 9.89. The number of hydrogen-bond donors (Lipinski definition) is 7. The normalized spacial score (nSPS) is 17.4. The highest BCUT2D eigenvalue weighted by atomic mass is 16.4. The van der Waals surface area contributed by atoms with Gasteiger partial charge in [0.25, 0.3) is 11.5 Å². The molecule has 1 aromatic carbocycles. The fourth-order valence-electron chi connectivity index (χ4n) is 3.22. The Labute approximate surface area is 192 Å². The van der Waals surface area contributed by atoms with Gasteiger partial charge in [0, 0.05) is 41.8 Å². The number of nitrogens with two attached hydrogens (primary N) is 1. The van der Waals surface area contributed by atoms with Crippen LogP contribution in [0.1, 0.15) is 27.3 Å². The molecule has 0 bridgehead atoms. The van der Waals surface area contributed by atoms with Crippen LogP contribution in [0.4, 0.5) is 23.1 Å². The Hall–Kier alpha value is -4.29. The number of nitrogen functional groups attached to an aromatic ring is 1. The number of rotatable bonds is 9. The summed E-state index contributed by atoms with van der Waals surface area (Å²) in [5.74, 6) is -3.28. The minimum absolute atomic E-state index is 0.0713. The van der Waals surface area contributed by atoms with E-state index in [9.17, 15) is 24.3 Å². The van der Waals surface area contributed by atoms with E-state index in [1.54, 1.807) is 12.1 Å². The van der Waals surface area contributed by atoms with E-state index < -0.39 is 48.9 Å². The van der Waals surface area contributed by atoms with Crippen molar-refractivity contribution in [3.63, 3.8) is 0 Å². The SMILES string of the molecule is [2H][13C]([2H])([2H])N1c2c(nc(N)[nH]c2=O)NCC1CNc1ccc(C(=O)N[C@@H](CCC(=O)O)C(=O)O)cc1. The first-order valence-electron chi connectivity index (χ1n) is 11.4. The third-order valence-corrected chi connectivity index (χ3v) is 4.96. The Morgan fingerprint density at radius 1 is 1.33 bits per heavy atom. The van der Waals surface area contributed by atoms with Gasteiger partial charge in [-0.2, -0.15) is 4.98 Å². The summed E-state index contributed by atoms with van der Waals surface area (Å²) in [6, 6.07) is 3.92. The van der Waals surface area contributed by atoms with Gasteiger partial charge in [0.15, 0.2) is 5.82 Å². The molecule has 2 heterocycles. The van der Waals surface area contributed by atoms with Gasteiger partial charge in [-0.1, -0.05) is 0 Å². The average Bonchev–Trinajstić information content (AvgIpc) is 2.79. The molecule has 0 saturated carbocycles. The molecule has 2 atom stereocenters. The van der Waals surface area contributed by atoms with Crippen molar-refractivity contribution in [2.45, 2.75) is 24.9 Å². The molecule has 1 amide bonds. The molecule has 0 spiro atoms. The maximum Gasteiger partial charge on any atom is 0.326 e. The van der Waals surface area contributed by atoms with Crippen LogP contribution in [0.25, 0.3) is 0 Å². The number of carboxylic acids is 2. The minimum Gasteiger partial charge on any atom is -0.481 e. The van der Waals surface area contributed by atoms with Crippen molar-refractivity contribution in [2.75, 3.05) is 41.3 Å². The van der Waals surface area contributed by atoms with Gasteiger partial charge in [-0.3, -0.25) is 19.4 Å². The van der Waals surface area contributed by atoms with E-state index in [-0.39, 0.29) is 42.5 Å². The second-order valence-corrected chi connectivity index (χ2v) is 7.31. The van der Waals surface area contributed by atoms with Gasteiger partial charge in [0.05, 0.1) is 6.04 Å². The largest absolute Gasteiger partial charge is 0.481 e. The van der Waals surface area contributed by atoms with E-state index in [2.05, 4.69) is 25.9 Å². The number of hydrogen-bond acceptors (Lipinski definition) is 9. The Kier molecular flexibility index (Phi) is 5.81. The van der Waals surface area contributed by atoms with Crippen LogP contribution < -0.4 is 32.1 Å². The molecule has 1 aliphatic rings. The molecular formula is C20H25N7O6. The quantitative estimate of drug-likeness (QED) is 0.241. The van der Waals surface area contributed by atoms with E-state index in [0.29, 0.717) is 5.69 Å². The summed E-state index contributed by atoms with van der Waals surface area (Å²) in [6.07, 6.45) is -0.678. The Balaban J connectivity index is 1.68. The van der Waals surface area contributed by atoms with Crippen LogP contribution >= 0.6 is 0 Å². The monoisotopic (exact) mass is 463 g/mol. The molecule has 2 aromatic rings. The van der Waals surface area contributed by atoms with Crippen LogP contribution in [0, 0.1) is 0 Å². The summed E-state index contributed by atoms with van der Waals surface area (Å²) >= 11 is 0. The Morgan fingerprint density at radius 2 is 2.06 bits per heavy atom. The van der Waals surface area contributed by atoms with Gasteiger partial charge in [-0.15, -0.1) is 0 Å². The first kappa shape index (κ1) is 19.4. The standard InChI is InChI=1S/C20H25N7O6/c1-27-12(9-23-16-15(27)18(31)26-20(21)25-16)8-22-11-4-2-10(3-5-11)17(30)24-13(19(32)33)6-7-14(28)29/h2-5,12-13,22H,6-9H2,1H3,(H,24,30)(H,28,29)(H,32,33)(H4,21,23,25,26,31)/t12?,13-/m0/s1/i1+1D3. The number of aliphatic carboxylic acids is 2. The predicted molar refractivity (Wildman–Crippen MR) is 121 cm³/mol. The lowest BCUT2D eigenvalue weighted by atomic mass is 10.1. The lowest BCUT2D eigenvalue weighted by Gasteiger charge is -2.35. The average molecular weight is 463 g/mol. The molecule has 8 N–H and O–H groups in total. The Morgan fingerprint density at radius 3 is 2.70 bits per heavy atom. The second kappa shape index (κ2) is 9.89. The summed E-state index contributed by atoms with van der Waals surface area (Å²) in [5.41, 5.74) is 5.39. The molecule has 33 heavy (non-hydrogen) atoms. The van der Waals surface area contributed by atoms with Crippen LogP contribution in [0.5, 0.6) is 0 Å². The highest BCUT2D eigenvalue weighted by Gasteiger charge is 2.27. The molecule has 0 fully saturated rings. The van der Waals surface area contributed by atoms with E-state index in [4.69, 9.17) is 15.0 Å². The van der Waals surface area contributed by atoms with Gasteiger partial charge in [-0.05, 0) is 30.7 Å². The predicted octanol–water partition coefficient (Wildman–Crippen LogP) is -0.258. The van der Waals surface area contributed by atoms with Crippen LogP contribution in [0.15, 0.2) is 29.1 Å². The number of aromatic nitrogens is 2. The number of carboxylic acid groups (broad SMARTS) is 2. The number of H-pyrrole nitrogens is 1. The summed E-state index contributed by atoms with van der Waals surface area (Å²) in [5, 5.41) is 26.2. The number of nitrogens with one attached hydrogen (secondary N) is 4. The lowest BCUT2D eigenvalue weighted by molar-refractivity contribution is -0.140. The van der Waals surface area contributed by atoms with Crippen molar-refractivity contribution in [3.8, 4) is 0 Å². The molecule has 13 nitrogen and oxygen atoms in total. The zero-order valence-electron chi connectivity index (χ0n) is 20.3. The van der Waals surface area contributed by atoms with Gasteiger partial charge in [0.2, 0.25) is 5.95 Å². The van der Waals surface area contributed by atoms with Gasteiger partial charge in [0.1, 0.15) is 11.7 Å². The zero-order valence-corrected chi connectivity index (χ0v) is 17.3. The molecule has 0 radical (unpaired) electrons. The van der Waals surface area contributed by atoms with Crippen molar-refractivity contribution in [3.05, 3.63) is 40.2 Å². The number of amides is 1. The zero-order chi connectivity index (χ0) is 26.6. The molecule has 3 rings (SSSR count). The van der Waals surface area contributed by atoms with Crippen LogP contribution in [-0.2, 0) is 9.59 Å². The number of aromatic amines is 1. The van der Waals surface area contributed by atoms with E-state index in [1.807, 2.05) is 0 Å². The van der Waals surface area contributed by atoms with Crippen molar-refractivity contribution in [2.24, 2.45) is 0 Å². The molecule has 0 aliphatic carbocycles. The molecule has 1 unspecified atom stereocenters. The number of carbonyl (C=O) groups excluding carboxylic acids is 1. The first-order chi connectivity index (χ1) is 16.9. The summed E-state index contributed by atoms with van der Waals surface area (Å²) < 4.78 is 23.7. The third kappa shape index (κ3) is 5.70. The van der Waals surface area contributed by atoms with Gasteiger partial charge < -0.3 is 36.8 Å². The number of fused-ring (bicyclic) bond motifs is 1. The fourth-order valence-corrected chi connectivity index (χ4v) is 3.22. The minimum atomic E-state index is -2.64. The summed E-state index contributed by atoms with van der Waals surface area (Å²) in [6.45, 7) is -2.38. The summed E-state index contributed by atoms with van der Waals surface area (Å²) in [7, 11) is 0. The van der Waals surface area contributed by atoms with Gasteiger partial charge >= 0.3 is 11.9 Å². The lowest BCUT2D eigenvalue weighted by Crippen LogP contribution is -2.48. The molecule has 1 aliphatic heterocycles. The third-order valence-electron chi connectivity index (χ3n) is 4.96. The van der Waals surface area contributed by atoms with Crippen molar-refractivity contribution >= 4 is 41.0 Å². The topological polar surface area (TPSA) is 203 Å². The smallest absolute Gasteiger partial charge is 0.326 e. The maximum absolute atomic E-state index is 12.4. The number of anilines is 4. The molecule has 1 aromatic heterocycles. The molecule has 13 heteroatoms. The van der Waals surface area contributed by atoms with E-state index >= 15 is 0 Å². The summed E-state index contributed by atoms with van der Waals surface area (Å²) in [4.78, 5) is 54.0. The maximum atomic E-state index is 12.4. The highest BCUT2D eigenvalue weighted by molar-refractivity contribution is 5.96. The fraction of sp³-hybridized carbons (Fsp3) is 0.350. The van der Waals surface area contributed by atoms with Crippen LogP contribution in [0.3, 0.4) is 0 Å². The number of benzene rings is 1. The van der Waals surface area contributed by atoms with E-state index in [1.165, 1.54) is 12.1 Å². The molecule has 176 valence electrons. The van der Waals surface area contributed by atoms with Crippen molar-refractivity contribution in [1.82, 2.24) is 15.3 Å². The van der Waals surface area contributed by atoms with Crippen LogP contribution in [0.2, 0.25) is 0 Å². The van der Waals surface area contributed by atoms with Crippen molar-refractivity contribution < 1.29 is 28.7 Å². The Bertz CT molecular complexity index is 1200. The number of likely N-dealkylation sites (N-methyl/N-ethyl adjacent to an activating group) is 1. The molecular weight excluding hydrogens is 435 g/mol. The number of nitrogens with zero attached hydrogens (tertiary/aromatic N) is 2. The highest BCUT2D eigenvalue weighted by Crippen LogP contribution is 2.25. The number of carbonyl (C=O) groups is 3. The van der Waals surface area contributed by atoms with E-state index in [0.717, 1.165) is 4.90 Å². The van der Waals surface area contributed by atoms with Crippen molar-refractivity contribution in [1.29, 1.82) is 0 Å². The molecule has 0 saturated heterocycles. The van der Waals surface area contributed by atoms with Gasteiger partial charge in [-0.25, -0.2) is 4.79 Å². The second-order valence-electron chi connectivity index (χ2n) is 7.31.